The molecule has 1 spiro atoms. The average Bonchev–Trinajstić information content (AvgIpc) is 3.56. The number of carbonyl (C=O) groups excluding carboxylic acids is 2. The van der Waals surface area contributed by atoms with Crippen molar-refractivity contribution in [2.75, 3.05) is 34.1 Å². The second-order valence-corrected chi connectivity index (χ2v) is 11.9. The summed E-state index contributed by atoms with van der Waals surface area (Å²) >= 11 is 0. The van der Waals surface area contributed by atoms with Crippen molar-refractivity contribution >= 4 is 11.9 Å². The lowest BCUT2D eigenvalue weighted by atomic mass is 9.77. The van der Waals surface area contributed by atoms with Crippen molar-refractivity contribution < 1.29 is 48.4 Å². The van der Waals surface area contributed by atoms with Gasteiger partial charge in [-0.15, -0.1) is 0 Å². The Balaban J connectivity index is 0.00000370. The Morgan fingerprint density at radius 1 is 1.12 bits per heavy atom. The zero-order chi connectivity index (χ0) is 28.0. The van der Waals surface area contributed by atoms with Crippen LogP contribution in [0.3, 0.4) is 0 Å². The molecule has 0 radical (unpaired) electrons. The molecule has 10 nitrogen and oxygen atoms in total. The maximum atomic E-state index is 13.8. The first kappa shape index (κ1) is 30.1. The molecule has 0 amide bonds. The molecule has 4 aliphatic rings. The van der Waals surface area contributed by atoms with E-state index in [2.05, 4.69) is 6.08 Å². The molecule has 5 rings (SSSR count). The summed E-state index contributed by atoms with van der Waals surface area (Å²) in [7, 11) is 2.77. The first-order valence-electron chi connectivity index (χ1n) is 13.8. The predicted octanol–water partition coefficient (Wildman–Crippen LogP) is 1.61. The van der Waals surface area contributed by atoms with Gasteiger partial charge in [0.25, 0.3) is 0 Å². The molecule has 0 saturated carbocycles. The fourth-order valence-electron chi connectivity index (χ4n) is 6.92. The van der Waals surface area contributed by atoms with Crippen LogP contribution in [-0.4, -0.2) is 79.1 Å². The van der Waals surface area contributed by atoms with Crippen molar-refractivity contribution in [2.24, 2.45) is 0 Å². The molecule has 10 heteroatoms. The molecular weight excluding hydrogens is 518 g/mol. The number of carbonyl (C=O) groups is 2. The van der Waals surface area contributed by atoms with E-state index in [1.54, 1.807) is 21.0 Å². The topological polar surface area (TPSA) is 125 Å². The van der Waals surface area contributed by atoms with E-state index in [0.29, 0.717) is 30.1 Å². The maximum absolute atomic E-state index is 13.8. The Kier molecular flexibility index (Phi) is 8.45. The summed E-state index contributed by atoms with van der Waals surface area (Å²) in [5.41, 5.74) is -1.29. The van der Waals surface area contributed by atoms with Crippen LogP contribution in [0.1, 0.15) is 69.4 Å². The van der Waals surface area contributed by atoms with Crippen molar-refractivity contribution in [3.63, 3.8) is 0 Å². The fourth-order valence-corrected chi connectivity index (χ4v) is 6.92. The van der Waals surface area contributed by atoms with Crippen LogP contribution in [0.15, 0.2) is 24.0 Å². The highest BCUT2D eigenvalue weighted by Crippen LogP contribution is 2.50. The van der Waals surface area contributed by atoms with E-state index < -0.39 is 35.7 Å². The van der Waals surface area contributed by atoms with Crippen LogP contribution in [0.25, 0.3) is 0 Å². The third-order valence-electron chi connectivity index (χ3n) is 8.82. The highest BCUT2D eigenvalue weighted by atomic mass is 16.7. The second-order valence-electron chi connectivity index (χ2n) is 11.9. The Labute approximate surface area is 236 Å². The summed E-state index contributed by atoms with van der Waals surface area (Å²) < 4.78 is 28.1. The van der Waals surface area contributed by atoms with E-state index in [1.807, 2.05) is 12.1 Å². The van der Waals surface area contributed by atoms with E-state index in [4.69, 9.17) is 23.7 Å². The zero-order valence-corrected chi connectivity index (χ0v) is 24.2. The molecule has 0 aromatic heterocycles. The van der Waals surface area contributed by atoms with Gasteiger partial charge in [0.2, 0.25) is 6.79 Å². The number of aliphatic hydroxyl groups is 2. The van der Waals surface area contributed by atoms with E-state index in [1.165, 1.54) is 12.0 Å². The fraction of sp³-hybridized carbons (Fsp3) is 0.633. The van der Waals surface area contributed by atoms with Crippen LogP contribution >= 0.6 is 0 Å². The van der Waals surface area contributed by atoms with Gasteiger partial charge in [-0.05, 0) is 56.4 Å². The number of methoxy groups -OCH3 is 2. The van der Waals surface area contributed by atoms with E-state index in [9.17, 15) is 19.8 Å². The van der Waals surface area contributed by atoms with Crippen molar-refractivity contribution in [3.05, 3.63) is 42.5 Å². The number of benzene rings is 1. The average molecular weight is 562 g/mol. The molecule has 3 N–H and O–H groups in total. The van der Waals surface area contributed by atoms with Crippen molar-refractivity contribution in [1.29, 1.82) is 0 Å². The Morgan fingerprint density at radius 3 is 2.52 bits per heavy atom. The maximum Gasteiger partial charge on any atom is 0.339 e. The molecule has 3 heterocycles. The van der Waals surface area contributed by atoms with Gasteiger partial charge in [0.15, 0.2) is 23.2 Å². The number of fused-ring (bicyclic) bond motifs is 3. The highest BCUT2D eigenvalue weighted by Gasteiger charge is 2.62. The van der Waals surface area contributed by atoms with Gasteiger partial charge in [0.1, 0.15) is 11.3 Å². The quantitative estimate of drug-likeness (QED) is 0.305. The summed E-state index contributed by atoms with van der Waals surface area (Å²) in [6, 6.07) is 4.03. The van der Waals surface area contributed by atoms with Gasteiger partial charge in [-0.1, -0.05) is 0 Å². The molecule has 1 fully saturated rings. The van der Waals surface area contributed by atoms with Crippen molar-refractivity contribution in [2.45, 2.75) is 87.6 Å². The van der Waals surface area contributed by atoms with Crippen LogP contribution in [-0.2, 0) is 30.2 Å². The number of quaternary nitrogens is 1. The lowest BCUT2D eigenvalue weighted by Crippen LogP contribution is -3.18. The summed E-state index contributed by atoms with van der Waals surface area (Å²) in [6.07, 6.45) is 4.13. The lowest BCUT2D eigenvalue weighted by Gasteiger charge is -2.37. The monoisotopic (exact) mass is 561 g/mol. The normalized spacial score (nSPS) is 27.6. The smallest absolute Gasteiger partial charge is 0.339 e. The minimum absolute atomic E-state index is 0. The molecule has 40 heavy (non-hydrogen) atoms. The summed E-state index contributed by atoms with van der Waals surface area (Å²) in [4.78, 5) is 27.4. The molecule has 0 bridgehead atoms. The summed E-state index contributed by atoms with van der Waals surface area (Å²) in [5.74, 6) is 0.0253. The van der Waals surface area contributed by atoms with Gasteiger partial charge in [-0.3, -0.25) is 4.79 Å². The first-order chi connectivity index (χ1) is 18.5. The molecule has 1 saturated heterocycles. The number of ether oxygens (including phenoxy) is 5. The molecule has 5 atom stereocenters. The van der Waals surface area contributed by atoms with Gasteiger partial charge in [-0.2, -0.15) is 0 Å². The standard InChI is InChI=1S/C29H39NO9.CH3/c1-27(2,33)8-5-10-29(34,16-23(31)36-4)26(32)39-25-22(35-3)15-28-9-6-11-30(28)12-7-18-13-20-21(38-17-37-20)14-19(18)24(25)28;/h13-15,24-25,33-34H,5-12,16-17H2,1-4H3;1H3/q;-1/p+1/t24-,25-,28+,29+;/m1./s1. The largest absolute Gasteiger partial charge is 0.497 e. The molecule has 3 aliphatic heterocycles. The van der Waals surface area contributed by atoms with Crippen molar-refractivity contribution in [3.8, 4) is 11.5 Å². The molecular formula is C30H43NO9. The predicted molar refractivity (Wildman–Crippen MR) is 145 cm³/mol. The molecule has 1 aromatic rings. The van der Waals surface area contributed by atoms with Gasteiger partial charge in [0.05, 0.1) is 45.2 Å². The minimum atomic E-state index is -2.11. The van der Waals surface area contributed by atoms with E-state index in [0.717, 1.165) is 43.5 Å². The SMILES string of the molecule is COC(=O)C[C@@](O)(CCCC(C)(C)O)C(=O)O[C@@H]1C(OC)=C[C@]23CCC[NH+]2CCc2cc4c(cc2[C@H]13)OCO4.[CH3-]. The Hall–Kier alpha value is -2.82. The molecule has 1 aliphatic carbocycles. The molecule has 1 aromatic carbocycles. The van der Waals surface area contributed by atoms with Gasteiger partial charge in [-0.25, -0.2) is 4.79 Å². The number of esters is 2. The number of rotatable bonds is 9. The van der Waals surface area contributed by atoms with Crippen LogP contribution in [0, 0.1) is 7.43 Å². The first-order valence-corrected chi connectivity index (χ1v) is 13.8. The third-order valence-corrected chi connectivity index (χ3v) is 8.82. The van der Waals surface area contributed by atoms with Crippen LogP contribution in [0.4, 0.5) is 0 Å². The molecule has 1 unspecified atom stereocenters. The number of hydrogen-bond donors (Lipinski definition) is 3. The van der Waals surface area contributed by atoms with Crippen LogP contribution in [0.2, 0.25) is 0 Å². The molecule has 222 valence electrons. The summed E-state index contributed by atoms with van der Waals surface area (Å²) in [5, 5.41) is 21.6. The number of hydrogen-bond acceptors (Lipinski definition) is 9. The van der Waals surface area contributed by atoms with Gasteiger partial charge in [0, 0.05) is 25.3 Å². The minimum Gasteiger partial charge on any atom is -0.497 e. The Morgan fingerprint density at radius 2 is 1.85 bits per heavy atom. The van der Waals surface area contributed by atoms with Gasteiger partial charge >= 0.3 is 11.9 Å². The van der Waals surface area contributed by atoms with Crippen LogP contribution in [0.5, 0.6) is 11.5 Å². The Bertz CT molecular complexity index is 1160. The van der Waals surface area contributed by atoms with Gasteiger partial charge < -0.3 is 46.2 Å². The lowest BCUT2D eigenvalue weighted by molar-refractivity contribution is -0.932. The summed E-state index contributed by atoms with van der Waals surface area (Å²) in [6.45, 7) is 5.39. The van der Waals surface area contributed by atoms with Crippen molar-refractivity contribution in [1.82, 2.24) is 0 Å². The second kappa shape index (κ2) is 11.2. The van der Waals surface area contributed by atoms with E-state index >= 15 is 0 Å². The zero-order valence-electron chi connectivity index (χ0n) is 24.2. The van der Waals surface area contributed by atoms with E-state index in [-0.39, 0.29) is 32.1 Å². The van der Waals surface area contributed by atoms with Crippen LogP contribution < -0.4 is 14.4 Å². The third kappa shape index (κ3) is 5.41. The highest BCUT2D eigenvalue weighted by molar-refractivity contribution is 5.86. The number of nitrogens with one attached hydrogen (secondary N) is 1.